The molecule has 1 N–H and O–H groups in total. The average Bonchev–Trinajstić information content (AvgIpc) is 3.09. The minimum absolute atomic E-state index is 0.0950. The Balaban J connectivity index is 1.92. The van der Waals surface area contributed by atoms with Gasteiger partial charge in [-0.1, -0.05) is 18.2 Å². The highest BCUT2D eigenvalue weighted by Crippen LogP contribution is 2.43. The van der Waals surface area contributed by atoms with E-state index in [0.29, 0.717) is 22.7 Å². The molecular formula is C25H20FNO5. The molecule has 3 aromatic carbocycles. The highest BCUT2D eigenvalue weighted by atomic mass is 19.1. The van der Waals surface area contributed by atoms with E-state index in [4.69, 9.17) is 9.47 Å². The third-order valence-corrected chi connectivity index (χ3v) is 5.36. The third kappa shape index (κ3) is 3.58. The van der Waals surface area contributed by atoms with Gasteiger partial charge in [-0.25, -0.2) is 4.39 Å². The maximum absolute atomic E-state index is 14.9. The predicted octanol–water partition coefficient (Wildman–Crippen LogP) is 4.47. The van der Waals surface area contributed by atoms with Crippen LogP contribution in [0.15, 0.2) is 78.4 Å². The first kappa shape index (κ1) is 21.1. The molecule has 1 amide bonds. The molecular weight excluding hydrogens is 413 g/mol. The summed E-state index contributed by atoms with van der Waals surface area (Å²) in [5.41, 5.74) is 0.577. The van der Waals surface area contributed by atoms with Crippen molar-refractivity contribution in [3.8, 4) is 11.5 Å². The van der Waals surface area contributed by atoms with E-state index >= 15 is 0 Å². The molecule has 0 aromatic heterocycles. The molecule has 3 aromatic rings. The number of carbonyl (C=O) groups is 2. The molecule has 7 heteroatoms. The number of rotatable bonds is 5. The van der Waals surface area contributed by atoms with Crippen LogP contribution in [-0.2, 0) is 9.59 Å². The highest BCUT2D eigenvalue weighted by molar-refractivity contribution is 6.51. The number of aliphatic hydroxyl groups excluding tert-OH is 1. The zero-order valence-corrected chi connectivity index (χ0v) is 17.4. The number of carbonyl (C=O) groups excluding carboxylic acids is 2. The summed E-state index contributed by atoms with van der Waals surface area (Å²) in [6.07, 6.45) is 0. The predicted molar refractivity (Wildman–Crippen MR) is 117 cm³/mol. The number of amides is 1. The SMILES string of the molecule is COc1ccc(C(O)=C2C(=O)C(=O)N(c3ccc(OC)cc3)C2c2ccccc2F)cc1. The molecule has 6 nitrogen and oxygen atoms in total. The molecule has 0 spiro atoms. The fourth-order valence-electron chi connectivity index (χ4n) is 3.74. The Hall–Kier alpha value is -4.13. The molecule has 162 valence electrons. The van der Waals surface area contributed by atoms with Crippen LogP contribution in [0.3, 0.4) is 0 Å². The lowest BCUT2D eigenvalue weighted by atomic mass is 9.94. The van der Waals surface area contributed by atoms with Crippen molar-refractivity contribution in [2.24, 2.45) is 0 Å². The first-order chi connectivity index (χ1) is 15.5. The summed E-state index contributed by atoms with van der Waals surface area (Å²) in [4.78, 5) is 27.3. The van der Waals surface area contributed by atoms with Crippen molar-refractivity contribution in [1.82, 2.24) is 0 Å². The molecule has 32 heavy (non-hydrogen) atoms. The number of aliphatic hydroxyl groups is 1. The lowest BCUT2D eigenvalue weighted by molar-refractivity contribution is -0.132. The van der Waals surface area contributed by atoms with Gasteiger partial charge in [-0.05, 0) is 54.6 Å². The molecule has 4 rings (SSSR count). The van der Waals surface area contributed by atoms with Crippen molar-refractivity contribution in [2.45, 2.75) is 6.04 Å². The van der Waals surface area contributed by atoms with Crippen molar-refractivity contribution in [3.05, 3.63) is 95.3 Å². The van der Waals surface area contributed by atoms with Crippen molar-refractivity contribution >= 4 is 23.1 Å². The van der Waals surface area contributed by atoms with Gasteiger partial charge in [-0.15, -0.1) is 0 Å². The molecule has 0 aliphatic carbocycles. The number of nitrogens with zero attached hydrogens (tertiary/aromatic N) is 1. The zero-order chi connectivity index (χ0) is 22.8. The number of hydrogen-bond acceptors (Lipinski definition) is 5. The van der Waals surface area contributed by atoms with Gasteiger partial charge in [0.1, 0.15) is 23.1 Å². The van der Waals surface area contributed by atoms with E-state index in [2.05, 4.69) is 0 Å². The molecule has 1 unspecified atom stereocenters. The summed E-state index contributed by atoms with van der Waals surface area (Å²) in [6.45, 7) is 0. The van der Waals surface area contributed by atoms with Crippen molar-refractivity contribution in [1.29, 1.82) is 0 Å². The lowest BCUT2D eigenvalue weighted by Crippen LogP contribution is -2.29. The zero-order valence-electron chi connectivity index (χ0n) is 17.4. The first-order valence-electron chi connectivity index (χ1n) is 9.80. The Morgan fingerprint density at radius 2 is 1.44 bits per heavy atom. The van der Waals surface area contributed by atoms with E-state index in [1.54, 1.807) is 54.6 Å². The van der Waals surface area contributed by atoms with Crippen LogP contribution >= 0.6 is 0 Å². The van der Waals surface area contributed by atoms with Crippen LogP contribution in [0.1, 0.15) is 17.2 Å². The fraction of sp³-hybridized carbons (Fsp3) is 0.120. The van der Waals surface area contributed by atoms with E-state index < -0.39 is 29.3 Å². The van der Waals surface area contributed by atoms with E-state index in [-0.39, 0.29) is 11.1 Å². The maximum Gasteiger partial charge on any atom is 0.300 e. The topological polar surface area (TPSA) is 76.1 Å². The van der Waals surface area contributed by atoms with Gasteiger partial charge in [0.15, 0.2) is 0 Å². The molecule has 1 heterocycles. The van der Waals surface area contributed by atoms with Crippen molar-refractivity contribution in [3.63, 3.8) is 0 Å². The van der Waals surface area contributed by atoms with E-state index in [0.717, 1.165) is 0 Å². The van der Waals surface area contributed by atoms with Gasteiger partial charge in [-0.3, -0.25) is 14.5 Å². The van der Waals surface area contributed by atoms with Crippen molar-refractivity contribution < 1.29 is 28.6 Å². The van der Waals surface area contributed by atoms with Gasteiger partial charge in [-0.2, -0.15) is 0 Å². The number of hydrogen-bond donors (Lipinski definition) is 1. The smallest absolute Gasteiger partial charge is 0.300 e. The number of halogens is 1. The van der Waals surface area contributed by atoms with Crippen molar-refractivity contribution in [2.75, 3.05) is 19.1 Å². The molecule has 1 atom stereocenters. The second-order valence-electron chi connectivity index (χ2n) is 7.12. The monoisotopic (exact) mass is 433 g/mol. The second-order valence-corrected chi connectivity index (χ2v) is 7.12. The third-order valence-electron chi connectivity index (χ3n) is 5.36. The Morgan fingerprint density at radius 3 is 2.00 bits per heavy atom. The number of ketones is 1. The minimum atomic E-state index is -1.15. The summed E-state index contributed by atoms with van der Waals surface area (Å²) in [5.74, 6) is -1.63. The van der Waals surface area contributed by atoms with Crippen LogP contribution in [0.4, 0.5) is 10.1 Å². The van der Waals surface area contributed by atoms with Gasteiger partial charge in [0.05, 0.1) is 25.8 Å². The van der Waals surface area contributed by atoms with Gasteiger partial charge in [0.25, 0.3) is 11.7 Å². The molecule has 1 aliphatic heterocycles. The summed E-state index contributed by atoms with van der Waals surface area (Å²) < 4.78 is 25.1. The summed E-state index contributed by atoms with van der Waals surface area (Å²) in [7, 11) is 3.02. The maximum atomic E-state index is 14.9. The molecule has 0 saturated carbocycles. The minimum Gasteiger partial charge on any atom is -0.507 e. The molecule has 0 radical (unpaired) electrons. The van der Waals surface area contributed by atoms with E-state index in [9.17, 15) is 19.1 Å². The molecule has 0 bridgehead atoms. The number of benzene rings is 3. The normalized spacial score (nSPS) is 17.5. The quantitative estimate of drug-likeness (QED) is 0.365. The largest absolute Gasteiger partial charge is 0.507 e. The molecule has 1 saturated heterocycles. The Labute approximate surface area is 184 Å². The number of ether oxygens (including phenoxy) is 2. The van der Waals surface area contributed by atoms with Crippen LogP contribution < -0.4 is 14.4 Å². The van der Waals surface area contributed by atoms with E-state index in [1.165, 1.54) is 37.3 Å². The standard InChI is InChI=1S/C25H20FNO5/c1-31-17-11-7-15(8-12-17)23(28)21-22(19-5-3-4-6-20(19)26)27(25(30)24(21)29)16-9-13-18(32-2)14-10-16/h3-14,22,28H,1-2H3. The van der Waals surface area contributed by atoms with Crippen LogP contribution in [0.2, 0.25) is 0 Å². The molecule has 1 fully saturated rings. The number of methoxy groups -OCH3 is 2. The van der Waals surface area contributed by atoms with Gasteiger partial charge in [0, 0.05) is 16.8 Å². The fourth-order valence-corrected chi connectivity index (χ4v) is 3.74. The number of Topliss-reactive ketones (excluding diaryl/α,β-unsaturated/α-hetero) is 1. The lowest BCUT2D eigenvalue weighted by Gasteiger charge is -2.25. The highest BCUT2D eigenvalue weighted by Gasteiger charge is 2.47. The van der Waals surface area contributed by atoms with Crippen LogP contribution in [0.25, 0.3) is 5.76 Å². The van der Waals surface area contributed by atoms with Crippen LogP contribution in [0, 0.1) is 5.82 Å². The van der Waals surface area contributed by atoms with Gasteiger partial charge >= 0.3 is 0 Å². The Kier molecular flexibility index (Phi) is 5.64. The number of anilines is 1. The summed E-state index contributed by atoms with van der Waals surface area (Å²) in [6, 6.07) is 17.6. The average molecular weight is 433 g/mol. The van der Waals surface area contributed by atoms with Crippen LogP contribution in [0.5, 0.6) is 11.5 Å². The summed E-state index contributed by atoms with van der Waals surface area (Å²) in [5, 5.41) is 11.0. The van der Waals surface area contributed by atoms with Crippen LogP contribution in [-0.4, -0.2) is 31.0 Å². The Morgan fingerprint density at radius 1 is 0.875 bits per heavy atom. The van der Waals surface area contributed by atoms with Gasteiger partial charge < -0.3 is 14.6 Å². The molecule has 1 aliphatic rings. The second kappa shape index (κ2) is 8.55. The Bertz CT molecular complexity index is 1200. The van der Waals surface area contributed by atoms with Gasteiger partial charge in [0.2, 0.25) is 0 Å². The summed E-state index contributed by atoms with van der Waals surface area (Å²) >= 11 is 0. The first-order valence-corrected chi connectivity index (χ1v) is 9.80. The van der Waals surface area contributed by atoms with E-state index in [1.807, 2.05) is 0 Å².